The number of aliphatic hydroxyl groups is 1. The van der Waals surface area contributed by atoms with Crippen LogP contribution in [0.4, 0.5) is 5.69 Å². The maximum Gasteiger partial charge on any atom is 0.228 e. The van der Waals surface area contributed by atoms with Gasteiger partial charge in [0.1, 0.15) is 0 Å². The summed E-state index contributed by atoms with van der Waals surface area (Å²) in [5, 5.41) is 13.0. The van der Waals surface area contributed by atoms with E-state index in [1.54, 1.807) is 4.90 Å². The van der Waals surface area contributed by atoms with Crippen molar-refractivity contribution in [2.24, 2.45) is 5.92 Å². The molecular weight excluding hydrogens is 252 g/mol. The summed E-state index contributed by atoms with van der Waals surface area (Å²) in [5.74, 6) is 0.624. The Balaban J connectivity index is 2.20. The fourth-order valence-corrected chi connectivity index (χ4v) is 2.84. The Bertz CT molecular complexity index is 473. The molecule has 0 saturated heterocycles. The lowest BCUT2D eigenvalue weighted by Gasteiger charge is -2.34. The van der Waals surface area contributed by atoms with Gasteiger partial charge >= 0.3 is 0 Å². The number of nitrogens with zero attached hydrogens (tertiary/aromatic N) is 1. The zero-order valence-corrected chi connectivity index (χ0v) is 12.5. The van der Waals surface area contributed by atoms with Crippen LogP contribution in [0.1, 0.15) is 38.3 Å². The number of hydrogen-bond donors (Lipinski definition) is 2. The molecule has 1 amide bonds. The van der Waals surface area contributed by atoms with Gasteiger partial charge in [-0.1, -0.05) is 32.0 Å². The van der Waals surface area contributed by atoms with Gasteiger partial charge in [0, 0.05) is 31.2 Å². The van der Waals surface area contributed by atoms with Gasteiger partial charge in [-0.05, 0) is 24.0 Å². The number of fused-ring (bicyclic) bond motifs is 1. The third-order valence-corrected chi connectivity index (χ3v) is 3.84. The minimum absolute atomic E-state index is 0.00852. The van der Waals surface area contributed by atoms with Crippen molar-refractivity contribution in [3.63, 3.8) is 0 Å². The van der Waals surface area contributed by atoms with Gasteiger partial charge in [-0.3, -0.25) is 4.79 Å². The molecule has 1 aromatic rings. The third-order valence-electron chi connectivity index (χ3n) is 3.84. The van der Waals surface area contributed by atoms with Crippen LogP contribution >= 0.6 is 0 Å². The van der Waals surface area contributed by atoms with Gasteiger partial charge in [0.2, 0.25) is 5.91 Å². The van der Waals surface area contributed by atoms with Crippen LogP contribution in [0, 0.1) is 5.92 Å². The van der Waals surface area contributed by atoms with Crippen molar-refractivity contribution in [2.75, 3.05) is 18.6 Å². The molecule has 0 saturated carbocycles. The van der Waals surface area contributed by atoms with E-state index in [-0.39, 0.29) is 24.6 Å². The second-order valence-electron chi connectivity index (χ2n) is 5.94. The molecule has 0 aromatic heterocycles. The molecule has 1 aliphatic heterocycles. The Kier molecular flexibility index (Phi) is 4.78. The van der Waals surface area contributed by atoms with Crippen LogP contribution in [-0.4, -0.2) is 30.7 Å². The van der Waals surface area contributed by atoms with Crippen molar-refractivity contribution in [3.8, 4) is 0 Å². The molecular formula is C16H24N2O2. The zero-order valence-electron chi connectivity index (χ0n) is 12.5. The molecule has 2 rings (SSSR count). The SMILES string of the molecule is CC(C)CC(CO)NC1CC(=O)N(C)c2ccccc21. The number of para-hydroxylation sites is 1. The van der Waals surface area contributed by atoms with Crippen LogP contribution in [-0.2, 0) is 4.79 Å². The average molecular weight is 276 g/mol. The third kappa shape index (κ3) is 3.19. The molecule has 20 heavy (non-hydrogen) atoms. The summed E-state index contributed by atoms with van der Waals surface area (Å²) in [6.07, 6.45) is 1.35. The predicted molar refractivity (Wildman–Crippen MR) is 80.7 cm³/mol. The lowest BCUT2D eigenvalue weighted by molar-refractivity contribution is -0.119. The Morgan fingerprint density at radius 3 is 2.75 bits per heavy atom. The summed E-state index contributed by atoms with van der Waals surface area (Å²) < 4.78 is 0. The molecule has 0 bridgehead atoms. The second-order valence-corrected chi connectivity index (χ2v) is 5.94. The predicted octanol–water partition coefficient (Wildman–Crippen LogP) is 2.09. The van der Waals surface area contributed by atoms with Crippen molar-refractivity contribution in [1.82, 2.24) is 5.32 Å². The lowest BCUT2D eigenvalue weighted by Crippen LogP contribution is -2.43. The summed E-state index contributed by atoms with van der Waals surface area (Å²) in [4.78, 5) is 13.8. The first-order valence-corrected chi connectivity index (χ1v) is 7.25. The highest BCUT2D eigenvalue weighted by molar-refractivity contribution is 5.96. The Morgan fingerprint density at radius 2 is 2.10 bits per heavy atom. The van der Waals surface area contributed by atoms with Gasteiger partial charge in [-0.2, -0.15) is 0 Å². The van der Waals surface area contributed by atoms with Gasteiger partial charge in [-0.15, -0.1) is 0 Å². The first-order valence-electron chi connectivity index (χ1n) is 7.25. The number of aliphatic hydroxyl groups excluding tert-OH is 1. The highest BCUT2D eigenvalue weighted by Gasteiger charge is 2.30. The first kappa shape index (κ1) is 15.0. The molecule has 0 aliphatic carbocycles. The topological polar surface area (TPSA) is 52.6 Å². The average Bonchev–Trinajstić information content (AvgIpc) is 2.43. The van der Waals surface area contributed by atoms with E-state index in [2.05, 4.69) is 25.2 Å². The molecule has 2 N–H and O–H groups in total. The number of benzene rings is 1. The molecule has 0 spiro atoms. The number of nitrogens with one attached hydrogen (secondary N) is 1. The van der Waals surface area contributed by atoms with Crippen LogP contribution in [0.3, 0.4) is 0 Å². The van der Waals surface area contributed by atoms with Gasteiger partial charge in [0.15, 0.2) is 0 Å². The summed E-state index contributed by atoms with van der Waals surface area (Å²) >= 11 is 0. The van der Waals surface area contributed by atoms with E-state index in [1.165, 1.54) is 0 Å². The van der Waals surface area contributed by atoms with Crippen molar-refractivity contribution in [2.45, 2.75) is 38.8 Å². The van der Waals surface area contributed by atoms with E-state index in [0.29, 0.717) is 12.3 Å². The van der Waals surface area contributed by atoms with Gasteiger partial charge in [0.05, 0.1) is 6.61 Å². The van der Waals surface area contributed by atoms with Gasteiger partial charge in [0.25, 0.3) is 0 Å². The van der Waals surface area contributed by atoms with Crippen LogP contribution in [0.25, 0.3) is 0 Å². The monoisotopic (exact) mass is 276 g/mol. The maximum absolute atomic E-state index is 12.1. The van der Waals surface area contributed by atoms with Crippen LogP contribution < -0.4 is 10.2 Å². The highest BCUT2D eigenvalue weighted by atomic mass is 16.3. The Hall–Kier alpha value is -1.39. The van der Waals surface area contributed by atoms with Gasteiger partial charge in [-0.25, -0.2) is 0 Å². The van der Waals surface area contributed by atoms with Crippen molar-refractivity contribution in [1.29, 1.82) is 0 Å². The molecule has 4 heteroatoms. The number of carbonyl (C=O) groups is 1. The largest absolute Gasteiger partial charge is 0.395 e. The normalized spacial score (nSPS) is 20.1. The first-order chi connectivity index (χ1) is 9.52. The minimum atomic E-state index is -0.00852. The fourth-order valence-electron chi connectivity index (χ4n) is 2.84. The van der Waals surface area contributed by atoms with E-state index >= 15 is 0 Å². The Morgan fingerprint density at radius 1 is 1.40 bits per heavy atom. The second kappa shape index (κ2) is 6.37. The lowest BCUT2D eigenvalue weighted by atomic mass is 9.94. The van der Waals surface area contributed by atoms with Crippen molar-refractivity contribution < 1.29 is 9.90 Å². The van der Waals surface area contributed by atoms with Crippen LogP contribution in [0.2, 0.25) is 0 Å². The molecule has 2 atom stereocenters. The standard InChI is InChI=1S/C16H24N2O2/c1-11(2)8-12(10-19)17-14-9-16(20)18(3)15-7-5-4-6-13(14)15/h4-7,11-12,14,17,19H,8-10H2,1-3H3. The number of amides is 1. The fraction of sp³-hybridized carbons (Fsp3) is 0.562. The molecule has 4 nitrogen and oxygen atoms in total. The molecule has 1 heterocycles. The van der Waals surface area contributed by atoms with E-state index in [1.807, 2.05) is 25.2 Å². The maximum atomic E-state index is 12.1. The Labute approximate surface area is 120 Å². The molecule has 1 aromatic carbocycles. The minimum Gasteiger partial charge on any atom is -0.395 e. The van der Waals surface area contributed by atoms with E-state index < -0.39 is 0 Å². The number of rotatable bonds is 5. The summed E-state index contributed by atoms with van der Waals surface area (Å²) in [7, 11) is 1.81. The molecule has 0 fully saturated rings. The van der Waals surface area contributed by atoms with Crippen LogP contribution in [0.5, 0.6) is 0 Å². The summed E-state index contributed by atoms with van der Waals surface area (Å²) in [5.41, 5.74) is 2.10. The number of carbonyl (C=O) groups excluding carboxylic acids is 1. The van der Waals surface area contributed by atoms with E-state index in [4.69, 9.17) is 0 Å². The van der Waals surface area contributed by atoms with Gasteiger partial charge < -0.3 is 15.3 Å². The summed E-state index contributed by atoms with van der Waals surface area (Å²) in [6.45, 7) is 4.37. The molecule has 0 radical (unpaired) electrons. The van der Waals surface area contributed by atoms with Crippen molar-refractivity contribution in [3.05, 3.63) is 29.8 Å². The molecule has 1 aliphatic rings. The number of anilines is 1. The van der Waals surface area contributed by atoms with Crippen LogP contribution in [0.15, 0.2) is 24.3 Å². The molecule has 2 unspecified atom stereocenters. The molecule has 110 valence electrons. The van der Waals surface area contributed by atoms with Crippen molar-refractivity contribution >= 4 is 11.6 Å². The zero-order chi connectivity index (χ0) is 14.7. The quantitative estimate of drug-likeness (QED) is 0.866. The summed E-state index contributed by atoms with van der Waals surface area (Å²) in [6, 6.07) is 7.99. The van der Waals surface area contributed by atoms with E-state index in [0.717, 1.165) is 17.7 Å². The smallest absolute Gasteiger partial charge is 0.228 e. The number of hydrogen-bond acceptors (Lipinski definition) is 3. The highest BCUT2D eigenvalue weighted by Crippen LogP contribution is 2.33. The van der Waals surface area contributed by atoms with E-state index in [9.17, 15) is 9.90 Å².